The number of nitrogens with zero attached hydrogens (tertiary/aromatic N) is 1. The molecule has 1 aromatic carbocycles. The zero-order valence-electron chi connectivity index (χ0n) is 13.2. The number of rotatable bonds is 10. The summed E-state index contributed by atoms with van der Waals surface area (Å²) in [7, 11) is 0. The van der Waals surface area contributed by atoms with Crippen molar-refractivity contribution in [1.29, 1.82) is 0 Å². The second-order valence-electron chi connectivity index (χ2n) is 5.98. The lowest BCUT2D eigenvalue weighted by molar-refractivity contribution is 0.659. The fraction of sp³-hybridized carbons (Fsp3) is 0.667. The molecular formula is C18H30N2. The molecule has 0 bridgehead atoms. The van der Waals surface area contributed by atoms with Crippen molar-refractivity contribution in [3.05, 3.63) is 29.8 Å². The summed E-state index contributed by atoms with van der Waals surface area (Å²) in [6.07, 6.45) is 7.83. The number of unbranched alkanes of at least 4 members (excludes halogenated alkanes) is 2. The third kappa shape index (κ3) is 4.82. The molecule has 0 amide bonds. The quantitative estimate of drug-likeness (QED) is 0.682. The molecule has 1 N–H and O–H groups in total. The van der Waals surface area contributed by atoms with E-state index < -0.39 is 0 Å². The summed E-state index contributed by atoms with van der Waals surface area (Å²) < 4.78 is 0. The molecule has 2 rings (SSSR count). The van der Waals surface area contributed by atoms with Crippen molar-refractivity contribution < 1.29 is 0 Å². The van der Waals surface area contributed by atoms with E-state index in [9.17, 15) is 0 Å². The van der Waals surface area contributed by atoms with Crippen molar-refractivity contribution >= 4 is 5.69 Å². The topological polar surface area (TPSA) is 15.3 Å². The minimum atomic E-state index is 0.780. The number of anilines is 1. The average molecular weight is 274 g/mol. The van der Waals surface area contributed by atoms with Gasteiger partial charge in [-0.05, 0) is 37.3 Å². The minimum absolute atomic E-state index is 0.780. The standard InChI is InChI=1S/C18H30N2/c1-3-5-13-20(14-6-4-2)18-10-8-7-9-16(18)15-19-17-11-12-17/h7-10,17,19H,3-6,11-15H2,1-2H3. The largest absolute Gasteiger partial charge is 0.371 e. The summed E-state index contributed by atoms with van der Waals surface area (Å²) in [5.41, 5.74) is 2.91. The summed E-state index contributed by atoms with van der Waals surface area (Å²) in [6.45, 7) is 7.96. The smallest absolute Gasteiger partial charge is 0.0411 e. The van der Waals surface area contributed by atoms with Crippen molar-refractivity contribution in [2.75, 3.05) is 18.0 Å². The summed E-state index contributed by atoms with van der Waals surface area (Å²) in [4.78, 5) is 2.59. The number of nitrogens with one attached hydrogen (secondary N) is 1. The maximum absolute atomic E-state index is 3.65. The summed E-state index contributed by atoms with van der Waals surface area (Å²) in [6, 6.07) is 9.72. The lowest BCUT2D eigenvalue weighted by Crippen LogP contribution is -2.28. The first-order valence-corrected chi connectivity index (χ1v) is 8.41. The average Bonchev–Trinajstić information content (AvgIpc) is 3.30. The van der Waals surface area contributed by atoms with Crippen LogP contribution in [-0.4, -0.2) is 19.1 Å². The van der Waals surface area contributed by atoms with Crippen molar-refractivity contribution in [2.45, 2.75) is 65.0 Å². The van der Waals surface area contributed by atoms with Crippen LogP contribution < -0.4 is 10.2 Å². The Morgan fingerprint density at radius 1 is 1.05 bits per heavy atom. The Morgan fingerprint density at radius 2 is 1.70 bits per heavy atom. The van der Waals surface area contributed by atoms with E-state index in [4.69, 9.17) is 0 Å². The second-order valence-corrected chi connectivity index (χ2v) is 5.98. The van der Waals surface area contributed by atoms with Gasteiger partial charge < -0.3 is 10.2 Å². The van der Waals surface area contributed by atoms with E-state index in [2.05, 4.69) is 48.3 Å². The number of hydrogen-bond acceptors (Lipinski definition) is 2. The molecule has 1 aromatic rings. The van der Waals surface area contributed by atoms with Crippen LogP contribution in [0.15, 0.2) is 24.3 Å². The Kier molecular flexibility index (Phi) is 6.38. The molecule has 2 heteroatoms. The first-order chi connectivity index (χ1) is 9.85. The highest BCUT2D eigenvalue weighted by molar-refractivity contribution is 5.53. The van der Waals surface area contributed by atoms with Gasteiger partial charge in [-0.25, -0.2) is 0 Å². The van der Waals surface area contributed by atoms with E-state index in [0.717, 1.165) is 12.6 Å². The molecule has 0 aliphatic heterocycles. The van der Waals surface area contributed by atoms with Crippen molar-refractivity contribution in [3.63, 3.8) is 0 Å². The summed E-state index contributed by atoms with van der Waals surface area (Å²) in [5.74, 6) is 0. The van der Waals surface area contributed by atoms with Gasteiger partial charge in [-0.15, -0.1) is 0 Å². The number of para-hydroxylation sites is 1. The van der Waals surface area contributed by atoms with Crippen LogP contribution in [-0.2, 0) is 6.54 Å². The molecule has 20 heavy (non-hydrogen) atoms. The van der Waals surface area contributed by atoms with Gasteiger partial charge in [0.15, 0.2) is 0 Å². The zero-order chi connectivity index (χ0) is 14.2. The van der Waals surface area contributed by atoms with Crippen LogP contribution in [0.25, 0.3) is 0 Å². The maximum atomic E-state index is 3.65. The van der Waals surface area contributed by atoms with Gasteiger partial charge >= 0.3 is 0 Å². The van der Waals surface area contributed by atoms with Gasteiger partial charge in [0, 0.05) is 31.4 Å². The van der Waals surface area contributed by atoms with Crippen molar-refractivity contribution in [2.24, 2.45) is 0 Å². The van der Waals surface area contributed by atoms with Gasteiger partial charge in [0.05, 0.1) is 0 Å². The highest BCUT2D eigenvalue weighted by Gasteiger charge is 2.20. The fourth-order valence-electron chi connectivity index (χ4n) is 2.56. The molecule has 0 spiro atoms. The van der Waals surface area contributed by atoms with Crippen LogP contribution in [0.3, 0.4) is 0 Å². The molecule has 0 radical (unpaired) electrons. The number of hydrogen-bond donors (Lipinski definition) is 1. The van der Waals surface area contributed by atoms with Crippen LogP contribution in [0.4, 0.5) is 5.69 Å². The first kappa shape index (κ1) is 15.4. The zero-order valence-corrected chi connectivity index (χ0v) is 13.2. The van der Waals surface area contributed by atoms with E-state index in [1.165, 1.54) is 62.9 Å². The van der Waals surface area contributed by atoms with Gasteiger partial charge in [-0.3, -0.25) is 0 Å². The fourth-order valence-corrected chi connectivity index (χ4v) is 2.56. The van der Waals surface area contributed by atoms with E-state index in [-0.39, 0.29) is 0 Å². The minimum Gasteiger partial charge on any atom is -0.371 e. The molecule has 112 valence electrons. The molecule has 0 unspecified atom stereocenters. The third-order valence-electron chi connectivity index (χ3n) is 4.05. The van der Waals surface area contributed by atoms with E-state index >= 15 is 0 Å². The van der Waals surface area contributed by atoms with Crippen molar-refractivity contribution in [1.82, 2.24) is 5.32 Å². The normalized spacial score (nSPS) is 14.5. The monoisotopic (exact) mass is 274 g/mol. The summed E-state index contributed by atoms with van der Waals surface area (Å²) >= 11 is 0. The predicted octanol–water partition coefficient (Wildman–Crippen LogP) is 4.35. The van der Waals surface area contributed by atoms with E-state index in [0.29, 0.717) is 0 Å². The van der Waals surface area contributed by atoms with Gasteiger partial charge in [0.2, 0.25) is 0 Å². The molecule has 1 aliphatic carbocycles. The Balaban J connectivity index is 2.03. The first-order valence-electron chi connectivity index (χ1n) is 8.41. The molecule has 1 aliphatic rings. The molecule has 2 nitrogen and oxygen atoms in total. The van der Waals surface area contributed by atoms with Crippen LogP contribution >= 0.6 is 0 Å². The molecule has 0 atom stereocenters. The highest BCUT2D eigenvalue weighted by Crippen LogP contribution is 2.24. The summed E-state index contributed by atoms with van der Waals surface area (Å²) in [5, 5.41) is 3.65. The van der Waals surface area contributed by atoms with E-state index in [1.807, 2.05) is 0 Å². The van der Waals surface area contributed by atoms with Crippen LogP contribution in [0.2, 0.25) is 0 Å². The molecule has 0 heterocycles. The van der Waals surface area contributed by atoms with Gasteiger partial charge in [0.1, 0.15) is 0 Å². The SMILES string of the molecule is CCCCN(CCCC)c1ccccc1CNC1CC1. The Hall–Kier alpha value is -1.02. The highest BCUT2D eigenvalue weighted by atomic mass is 15.1. The van der Waals surface area contributed by atoms with Crippen molar-refractivity contribution in [3.8, 4) is 0 Å². The van der Waals surface area contributed by atoms with Gasteiger partial charge in [-0.1, -0.05) is 44.9 Å². The Morgan fingerprint density at radius 3 is 2.30 bits per heavy atom. The van der Waals surface area contributed by atoms with Crippen LogP contribution in [0, 0.1) is 0 Å². The molecule has 1 fully saturated rings. The lowest BCUT2D eigenvalue weighted by Gasteiger charge is -2.27. The lowest BCUT2D eigenvalue weighted by atomic mass is 10.1. The van der Waals surface area contributed by atoms with E-state index in [1.54, 1.807) is 0 Å². The number of benzene rings is 1. The maximum Gasteiger partial charge on any atom is 0.0411 e. The Bertz CT molecular complexity index is 377. The predicted molar refractivity (Wildman–Crippen MR) is 88.3 cm³/mol. The van der Waals surface area contributed by atoms with Crippen LogP contribution in [0.1, 0.15) is 57.9 Å². The molecule has 1 saturated carbocycles. The second kappa shape index (κ2) is 8.31. The van der Waals surface area contributed by atoms with Gasteiger partial charge in [0.25, 0.3) is 0 Å². The third-order valence-corrected chi connectivity index (χ3v) is 4.05. The molecule has 0 saturated heterocycles. The van der Waals surface area contributed by atoms with Crippen LogP contribution in [0.5, 0.6) is 0 Å². The molecular weight excluding hydrogens is 244 g/mol. The Labute approximate surface area is 124 Å². The molecule has 0 aromatic heterocycles. The van der Waals surface area contributed by atoms with Gasteiger partial charge in [-0.2, -0.15) is 0 Å².